The Kier molecular flexibility index (Phi) is 21.5. The third-order valence-corrected chi connectivity index (χ3v) is 0. The summed E-state index contributed by atoms with van der Waals surface area (Å²) in [6.45, 7) is 0. The lowest BCUT2D eigenvalue weighted by molar-refractivity contribution is 2.13. The van der Waals surface area contributed by atoms with Gasteiger partial charge in [-0.1, -0.05) is 0 Å². The fourth-order valence-electron chi connectivity index (χ4n) is 0. The van der Waals surface area contributed by atoms with Crippen LogP contribution >= 0.6 is 0 Å². The number of hydrogen-bond donors (Lipinski definition) is 1. The molecule has 0 atom stereocenters. The molecule has 2 heteroatoms. The maximum Gasteiger partial charge on any atom is 0.229 e. The topological polar surface area (TPSA) is 35.0 Å². The first-order valence-electron chi connectivity index (χ1n) is 1.41. The fourth-order valence-corrected chi connectivity index (χ4v) is 0. The second kappa shape index (κ2) is 9.74. The monoisotopic (exact) mass is 75.1 g/mol. The van der Waals surface area contributed by atoms with Crippen LogP contribution in [0.3, 0.4) is 0 Å². The fraction of sp³-hybridized carbons (Fsp3) is 1.00. The molecule has 1 nitrogen and oxygen atoms in total. The van der Waals surface area contributed by atoms with Gasteiger partial charge in [0.25, 0.3) is 0 Å². The molecular weight excluding hydrogens is 65.0 g/mol. The van der Waals surface area contributed by atoms with Crippen molar-refractivity contribution in [3.8, 4) is 0 Å². The van der Waals surface area contributed by atoms with Gasteiger partial charge >= 0.3 is 0 Å². The smallest absolute Gasteiger partial charge is 0.229 e. The standard InChI is InChI=1S/2CH3.Al.H3N.H/h2*1H3;;1H3;. The molecule has 26 valence electrons. The minimum absolute atomic E-state index is 0. The van der Waals surface area contributed by atoms with Crippen molar-refractivity contribution in [3.05, 3.63) is 0 Å². The van der Waals surface area contributed by atoms with Crippen molar-refractivity contribution >= 4 is 15.2 Å². The first-order valence-corrected chi connectivity index (χ1v) is 4.24. The summed E-state index contributed by atoms with van der Waals surface area (Å²) in [5.41, 5.74) is 0. The zero-order valence-electron chi connectivity index (χ0n) is 3.41. The van der Waals surface area contributed by atoms with Crippen LogP contribution in [0.25, 0.3) is 0 Å². The molecule has 0 spiro atoms. The lowest BCUT2D eigenvalue weighted by Gasteiger charge is -1.36. The summed E-state index contributed by atoms with van der Waals surface area (Å²) < 4.78 is 0. The lowest BCUT2D eigenvalue weighted by atomic mass is 11.9. The molecule has 0 radical (unpaired) electrons. The molecule has 0 aliphatic rings. The highest BCUT2D eigenvalue weighted by Gasteiger charge is 1.48. The maximum atomic E-state index is 2.26. The Morgan fingerprint density at radius 1 is 1.25 bits per heavy atom. The van der Waals surface area contributed by atoms with Crippen molar-refractivity contribution in [3.63, 3.8) is 0 Å². The lowest BCUT2D eigenvalue weighted by Crippen LogP contribution is -1.53. The van der Waals surface area contributed by atoms with Crippen LogP contribution in [0.2, 0.25) is 11.6 Å². The van der Waals surface area contributed by atoms with E-state index in [-0.39, 0.29) is 6.15 Å². The Balaban J connectivity index is 0. The highest BCUT2D eigenvalue weighted by Crippen LogP contribution is 1.36. The predicted molar refractivity (Wildman–Crippen MR) is 23.9 cm³/mol. The summed E-state index contributed by atoms with van der Waals surface area (Å²) in [5, 5.41) is 0. The average molecular weight is 75.1 g/mol. The van der Waals surface area contributed by atoms with Crippen LogP contribution < -0.4 is 6.15 Å². The van der Waals surface area contributed by atoms with Gasteiger partial charge in [0, 0.05) is 0 Å². The van der Waals surface area contributed by atoms with Crippen LogP contribution in [0.5, 0.6) is 0 Å². The molecule has 0 fully saturated rings. The van der Waals surface area contributed by atoms with Crippen LogP contribution in [0, 0.1) is 0 Å². The van der Waals surface area contributed by atoms with Crippen molar-refractivity contribution < 1.29 is 0 Å². The molecule has 0 aromatic carbocycles. The Morgan fingerprint density at radius 3 is 1.25 bits per heavy atom. The van der Waals surface area contributed by atoms with Gasteiger partial charge in [0.2, 0.25) is 15.2 Å². The highest BCUT2D eigenvalue weighted by atomic mass is 27.1. The molecule has 0 aliphatic heterocycles. The Labute approximate surface area is 33.7 Å². The minimum atomic E-state index is 0. The first-order chi connectivity index (χ1) is 1.41. The Hall–Kier alpha value is 0.492. The molecule has 0 aromatic heterocycles. The summed E-state index contributed by atoms with van der Waals surface area (Å²) in [4.78, 5) is 0. The summed E-state index contributed by atoms with van der Waals surface area (Å²) >= 11 is 0.417. The second-order valence-electron chi connectivity index (χ2n) is 0.707. The highest BCUT2D eigenvalue weighted by molar-refractivity contribution is 6.31. The molecule has 0 saturated carbocycles. The van der Waals surface area contributed by atoms with Crippen LogP contribution in [0.4, 0.5) is 0 Å². The molecule has 4 heavy (non-hydrogen) atoms. The van der Waals surface area contributed by atoms with E-state index in [1.165, 1.54) is 0 Å². The molecule has 3 N–H and O–H groups in total. The summed E-state index contributed by atoms with van der Waals surface area (Å²) in [6.07, 6.45) is 0. The minimum Gasteiger partial charge on any atom is -0.344 e. The summed E-state index contributed by atoms with van der Waals surface area (Å²) in [7, 11) is 0. The third-order valence-electron chi connectivity index (χ3n) is 0. The van der Waals surface area contributed by atoms with Crippen molar-refractivity contribution in [2.24, 2.45) is 0 Å². The van der Waals surface area contributed by atoms with Crippen LogP contribution in [0.15, 0.2) is 0 Å². The molecule has 0 aliphatic carbocycles. The molecule has 0 rings (SSSR count). The predicted octanol–water partition coefficient (Wildman–Crippen LogP) is 0.681. The van der Waals surface area contributed by atoms with Gasteiger partial charge in [0.1, 0.15) is 0 Å². The van der Waals surface area contributed by atoms with Crippen molar-refractivity contribution in [1.82, 2.24) is 6.15 Å². The van der Waals surface area contributed by atoms with Gasteiger partial charge in [0.05, 0.1) is 0 Å². The van der Waals surface area contributed by atoms with Crippen LogP contribution in [0.1, 0.15) is 0 Å². The van der Waals surface area contributed by atoms with Crippen LogP contribution in [-0.4, -0.2) is 15.2 Å². The second-order valence-corrected chi connectivity index (χ2v) is 2.12. The number of rotatable bonds is 0. The summed E-state index contributed by atoms with van der Waals surface area (Å²) in [5.74, 6) is 4.53. The SMILES string of the molecule is N.[CH3][AlH][CH3]. The van der Waals surface area contributed by atoms with E-state index < -0.39 is 0 Å². The van der Waals surface area contributed by atoms with E-state index in [1.54, 1.807) is 0 Å². The normalized spacial score (nSPS) is 3.50. The average Bonchev–Trinajstić information content (AvgIpc) is 0.918. The molecule has 0 saturated heterocycles. The first kappa shape index (κ1) is 8.82. The van der Waals surface area contributed by atoms with Gasteiger partial charge in [-0.25, -0.2) is 0 Å². The van der Waals surface area contributed by atoms with Crippen molar-refractivity contribution in [2.45, 2.75) is 11.6 Å². The van der Waals surface area contributed by atoms with Gasteiger partial charge in [-0.05, 0) is 0 Å². The third kappa shape index (κ3) is 22.9. The molecule has 0 aromatic rings. The maximum absolute atomic E-state index is 2.26. The van der Waals surface area contributed by atoms with E-state index in [0.717, 1.165) is 0 Å². The van der Waals surface area contributed by atoms with Crippen LogP contribution in [-0.2, 0) is 0 Å². The largest absolute Gasteiger partial charge is 0.344 e. The molecule has 0 amide bonds. The van der Waals surface area contributed by atoms with E-state index in [0.29, 0.717) is 15.2 Å². The van der Waals surface area contributed by atoms with Gasteiger partial charge in [-0.3, -0.25) is 0 Å². The molecule has 0 bridgehead atoms. The van der Waals surface area contributed by atoms with E-state index in [4.69, 9.17) is 0 Å². The van der Waals surface area contributed by atoms with Gasteiger partial charge < -0.3 is 6.15 Å². The molecular formula is C2H10AlN. The van der Waals surface area contributed by atoms with Gasteiger partial charge in [0.15, 0.2) is 0 Å². The van der Waals surface area contributed by atoms with Gasteiger partial charge in [-0.15, -0.1) is 11.6 Å². The van der Waals surface area contributed by atoms with Crippen molar-refractivity contribution in [1.29, 1.82) is 0 Å². The van der Waals surface area contributed by atoms with E-state index in [1.807, 2.05) is 0 Å². The Morgan fingerprint density at radius 2 is 1.25 bits per heavy atom. The Bertz CT molecular complexity index is 6.00. The molecule has 0 heterocycles. The van der Waals surface area contributed by atoms with E-state index >= 15 is 0 Å². The van der Waals surface area contributed by atoms with Gasteiger partial charge in [-0.2, -0.15) is 0 Å². The summed E-state index contributed by atoms with van der Waals surface area (Å²) in [6, 6.07) is 0. The quantitative estimate of drug-likeness (QED) is 0.422. The zero-order chi connectivity index (χ0) is 2.71. The zero-order valence-corrected chi connectivity index (χ0v) is 4.83. The van der Waals surface area contributed by atoms with Crippen molar-refractivity contribution in [2.75, 3.05) is 0 Å². The molecule has 0 unspecified atom stereocenters. The number of hydrogen-bond acceptors (Lipinski definition) is 1. The van der Waals surface area contributed by atoms with E-state index in [9.17, 15) is 0 Å². The van der Waals surface area contributed by atoms with E-state index in [2.05, 4.69) is 11.6 Å².